The summed E-state index contributed by atoms with van der Waals surface area (Å²) in [5.41, 5.74) is 6.95. The average Bonchev–Trinajstić information content (AvgIpc) is 2.59. The number of β-amino-alcohol motifs (C(OH)–C–C–N with tert-alkyl or cyclic N) is 1. The van der Waals surface area contributed by atoms with E-state index in [4.69, 9.17) is 15.6 Å². The van der Waals surface area contributed by atoms with Crippen LogP contribution in [0.25, 0.3) is 0 Å². The minimum Gasteiger partial charge on any atom is -0.452 e. The number of ether oxygens (including phenoxy) is 1. The molecule has 1 aromatic carbocycles. The van der Waals surface area contributed by atoms with Crippen LogP contribution in [0, 0.1) is 6.92 Å². The fourth-order valence-corrected chi connectivity index (χ4v) is 2.73. The Labute approximate surface area is 141 Å². The third-order valence-corrected chi connectivity index (χ3v) is 4.09. The van der Waals surface area contributed by atoms with Crippen molar-refractivity contribution in [1.82, 2.24) is 14.9 Å². The standard InChI is InChI=1S/C17H23N5O2/c1-13-2-4-14(5-3-13)24-15-12-19-17(18)20-16(15)22-8-6-21(7-9-22)10-11-23/h2-5,12,23H,6-11H2,1H3,(H2,18,19,20). The van der Waals surface area contributed by atoms with Crippen LogP contribution in [0.5, 0.6) is 11.5 Å². The molecule has 0 spiro atoms. The molecule has 0 saturated carbocycles. The number of hydrogen-bond acceptors (Lipinski definition) is 7. The zero-order valence-electron chi connectivity index (χ0n) is 13.9. The highest BCUT2D eigenvalue weighted by atomic mass is 16.5. The highest BCUT2D eigenvalue weighted by molar-refractivity contribution is 5.55. The quantitative estimate of drug-likeness (QED) is 0.854. The van der Waals surface area contributed by atoms with Gasteiger partial charge in [-0.25, -0.2) is 4.98 Å². The van der Waals surface area contributed by atoms with Crippen LogP contribution in [0.2, 0.25) is 0 Å². The maximum atomic E-state index is 9.05. The monoisotopic (exact) mass is 329 g/mol. The van der Waals surface area contributed by atoms with E-state index in [1.807, 2.05) is 31.2 Å². The largest absolute Gasteiger partial charge is 0.452 e. The fraction of sp³-hybridized carbons (Fsp3) is 0.412. The summed E-state index contributed by atoms with van der Waals surface area (Å²) in [5.74, 6) is 2.29. The number of aliphatic hydroxyl groups is 1. The number of aromatic nitrogens is 2. The van der Waals surface area contributed by atoms with Crippen LogP contribution in [-0.4, -0.2) is 59.3 Å². The van der Waals surface area contributed by atoms with Gasteiger partial charge in [0.15, 0.2) is 11.6 Å². The predicted molar refractivity (Wildman–Crippen MR) is 93.4 cm³/mol. The van der Waals surface area contributed by atoms with E-state index >= 15 is 0 Å². The van der Waals surface area contributed by atoms with Crippen molar-refractivity contribution in [2.75, 3.05) is 50.0 Å². The maximum Gasteiger partial charge on any atom is 0.222 e. The van der Waals surface area contributed by atoms with E-state index in [0.29, 0.717) is 18.1 Å². The number of piperazine rings is 1. The second-order valence-electron chi connectivity index (χ2n) is 5.88. The lowest BCUT2D eigenvalue weighted by molar-refractivity contribution is 0.188. The molecule has 0 radical (unpaired) electrons. The van der Waals surface area contributed by atoms with Crippen LogP contribution in [0.15, 0.2) is 30.5 Å². The third-order valence-electron chi connectivity index (χ3n) is 4.09. The lowest BCUT2D eigenvalue weighted by Crippen LogP contribution is -2.47. The molecule has 2 heterocycles. The molecule has 1 aliphatic heterocycles. The van der Waals surface area contributed by atoms with E-state index in [0.717, 1.165) is 31.9 Å². The van der Waals surface area contributed by atoms with Crippen molar-refractivity contribution in [1.29, 1.82) is 0 Å². The number of nitrogen functional groups attached to an aromatic ring is 1. The van der Waals surface area contributed by atoms with Crippen LogP contribution in [0.3, 0.4) is 0 Å². The van der Waals surface area contributed by atoms with Crippen LogP contribution in [-0.2, 0) is 0 Å². The molecule has 3 rings (SSSR count). The number of hydrogen-bond donors (Lipinski definition) is 2. The normalized spacial score (nSPS) is 15.5. The Balaban J connectivity index is 1.77. The Morgan fingerprint density at radius 1 is 1.17 bits per heavy atom. The van der Waals surface area contributed by atoms with Gasteiger partial charge in [-0.15, -0.1) is 0 Å². The molecule has 1 aliphatic rings. The van der Waals surface area contributed by atoms with Crippen molar-refractivity contribution in [3.8, 4) is 11.5 Å². The highest BCUT2D eigenvalue weighted by Gasteiger charge is 2.21. The van der Waals surface area contributed by atoms with Gasteiger partial charge in [-0.1, -0.05) is 17.7 Å². The lowest BCUT2D eigenvalue weighted by atomic mass is 10.2. The lowest BCUT2D eigenvalue weighted by Gasteiger charge is -2.35. The van der Waals surface area contributed by atoms with Gasteiger partial charge in [0.05, 0.1) is 12.8 Å². The molecule has 2 aromatic rings. The van der Waals surface area contributed by atoms with Gasteiger partial charge in [0, 0.05) is 32.7 Å². The van der Waals surface area contributed by atoms with Crippen molar-refractivity contribution in [2.24, 2.45) is 0 Å². The molecular formula is C17H23N5O2. The molecule has 1 fully saturated rings. The molecule has 0 aliphatic carbocycles. The summed E-state index contributed by atoms with van der Waals surface area (Å²) >= 11 is 0. The predicted octanol–water partition coefficient (Wildman–Crippen LogP) is 1.27. The molecular weight excluding hydrogens is 306 g/mol. The van der Waals surface area contributed by atoms with Crippen molar-refractivity contribution < 1.29 is 9.84 Å². The number of anilines is 2. The Morgan fingerprint density at radius 2 is 1.88 bits per heavy atom. The average molecular weight is 329 g/mol. The van der Waals surface area contributed by atoms with Crippen molar-refractivity contribution in [3.05, 3.63) is 36.0 Å². The SMILES string of the molecule is Cc1ccc(Oc2cnc(N)nc2N2CCN(CCO)CC2)cc1. The Hall–Kier alpha value is -2.38. The Kier molecular flexibility index (Phi) is 5.12. The number of nitrogens with two attached hydrogens (primary N) is 1. The summed E-state index contributed by atoms with van der Waals surface area (Å²) in [4.78, 5) is 12.8. The molecule has 128 valence electrons. The molecule has 24 heavy (non-hydrogen) atoms. The molecule has 0 bridgehead atoms. The fourth-order valence-electron chi connectivity index (χ4n) is 2.73. The third kappa shape index (κ3) is 3.93. The molecule has 0 atom stereocenters. The van der Waals surface area contributed by atoms with Crippen LogP contribution >= 0.6 is 0 Å². The number of benzene rings is 1. The van der Waals surface area contributed by atoms with E-state index in [9.17, 15) is 0 Å². The maximum absolute atomic E-state index is 9.05. The molecule has 7 heteroatoms. The minimum absolute atomic E-state index is 0.183. The van der Waals surface area contributed by atoms with Gasteiger partial charge in [0.2, 0.25) is 5.95 Å². The molecule has 1 saturated heterocycles. The summed E-state index contributed by atoms with van der Waals surface area (Å²) in [5, 5.41) is 9.05. The second kappa shape index (κ2) is 7.46. The van der Waals surface area contributed by atoms with Gasteiger partial charge in [0.1, 0.15) is 5.75 Å². The molecule has 7 nitrogen and oxygen atoms in total. The topological polar surface area (TPSA) is 87.7 Å². The second-order valence-corrected chi connectivity index (χ2v) is 5.88. The Morgan fingerprint density at radius 3 is 2.54 bits per heavy atom. The summed E-state index contributed by atoms with van der Waals surface area (Å²) in [6.45, 7) is 6.27. The van der Waals surface area contributed by atoms with Crippen molar-refractivity contribution in [3.63, 3.8) is 0 Å². The van der Waals surface area contributed by atoms with Crippen LogP contribution < -0.4 is 15.4 Å². The van der Waals surface area contributed by atoms with E-state index in [-0.39, 0.29) is 12.6 Å². The highest BCUT2D eigenvalue weighted by Crippen LogP contribution is 2.31. The van der Waals surface area contributed by atoms with E-state index in [1.165, 1.54) is 5.56 Å². The zero-order chi connectivity index (χ0) is 16.9. The Bertz CT molecular complexity index is 669. The van der Waals surface area contributed by atoms with Crippen LogP contribution in [0.1, 0.15) is 5.56 Å². The van der Waals surface area contributed by atoms with Crippen molar-refractivity contribution in [2.45, 2.75) is 6.92 Å². The van der Waals surface area contributed by atoms with Gasteiger partial charge in [-0.2, -0.15) is 4.98 Å². The number of nitrogens with zero attached hydrogens (tertiary/aromatic N) is 4. The van der Waals surface area contributed by atoms with Gasteiger partial charge in [-0.3, -0.25) is 4.90 Å². The van der Waals surface area contributed by atoms with E-state index < -0.39 is 0 Å². The van der Waals surface area contributed by atoms with Gasteiger partial charge >= 0.3 is 0 Å². The van der Waals surface area contributed by atoms with Gasteiger partial charge in [-0.05, 0) is 19.1 Å². The first-order valence-electron chi connectivity index (χ1n) is 8.11. The number of aryl methyl sites for hydroxylation is 1. The summed E-state index contributed by atoms with van der Waals surface area (Å²) < 4.78 is 5.97. The first-order valence-corrected chi connectivity index (χ1v) is 8.11. The van der Waals surface area contributed by atoms with Gasteiger partial charge in [0.25, 0.3) is 0 Å². The summed E-state index contributed by atoms with van der Waals surface area (Å²) in [6.07, 6.45) is 1.62. The van der Waals surface area contributed by atoms with Gasteiger partial charge < -0.3 is 20.5 Å². The molecule has 3 N–H and O–H groups in total. The minimum atomic E-state index is 0.183. The van der Waals surface area contributed by atoms with Crippen molar-refractivity contribution >= 4 is 11.8 Å². The zero-order valence-corrected chi connectivity index (χ0v) is 13.9. The van der Waals surface area contributed by atoms with E-state index in [2.05, 4.69) is 19.8 Å². The molecule has 1 aromatic heterocycles. The summed E-state index contributed by atoms with van der Waals surface area (Å²) in [7, 11) is 0. The molecule has 0 unspecified atom stereocenters. The first-order chi connectivity index (χ1) is 11.7. The smallest absolute Gasteiger partial charge is 0.222 e. The number of aliphatic hydroxyl groups excluding tert-OH is 1. The summed E-state index contributed by atoms with van der Waals surface area (Å²) in [6, 6.07) is 7.85. The van der Waals surface area contributed by atoms with Crippen LogP contribution in [0.4, 0.5) is 11.8 Å². The van der Waals surface area contributed by atoms with E-state index in [1.54, 1.807) is 6.20 Å². The first kappa shape index (κ1) is 16.5. The molecule has 0 amide bonds. The number of rotatable bonds is 5.